The molecule has 2 amide bonds. The van der Waals surface area contributed by atoms with Crippen LogP contribution in [0.2, 0.25) is 0 Å². The number of hydrogen-bond donors (Lipinski definition) is 3. The second-order valence-electron chi connectivity index (χ2n) is 10.7. The third kappa shape index (κ3) is 5.53. The van der Waals surface area contributed by atoms with Gasteiger partial charge in [-0.3, -0.25) is 9.59 Å². The summed E-state index contributed by atoms with van der Waals surface area (Å²) in [5.74, 6) is 0.728. The molecule has 3 aromatic carbocycles. The van der Waals surface area contributed by atoms with Gasteiger partial charge in [-0.05, 0) is 54.4 Å². The average molecular weight is 631 g/mol. The first kappa shape index (κ1) is 30.4. The molecule has 5 aromatic rings. The quantitative estimate of drug-likeness (QED) is 0.200. The van der Waals surface area contributed by atoms with Crippen molar-refractivity contribution in [2.24, 2.45) is 5.73 Å². The van der Waals surface area contributed by atoms with Gasteiger partial charge in [0.05, 0.1) is 35.6 Å². The van der Waals surface area contributed by atoms with Gasteiger partial charge in [-0.15, -0.1) is 0 Å². The number of para-hydroxylation sites is 1. The number of nitrogens with two attached hydrogens (primary N) is 1. The van der Waals surface area contributed by atoms with Crippen molar-refractivity contribution in [3.8, 4) is 17.1 Å². The Morgan fingerprint density at radius 2 is 1.89 bits per heavy atom. The average Bonchev–Trinajstić information content (AvgIpc) is 3.48. The van der Waals surface area contributed by atoms with E-state index in [-0.39, 0.29) is 18.4 Å². The maximum Gasteiger partial charge on any atom is 0.416 e. The largest absolute Gasteiger partial charge is 0.495 e. The third-order valence-electron chi connectivity index (χ3n) is 7.87. The molecule has 1 aliphatic heterocycles. The minimum Gasteiger partial charge on any atom is -0.495 e. The number of amides is 2. The summed E-state index contributed by atoms with van der Waals surface area (Å²) in [5, 5.41) is 3.16. The number of fused-ring (bicyclic) bond motifs is 2. The highest BCUT2D eigenvalue weighted by molar-refractivity contribution is 6.05. The number of methoxy groups -OCH3 is 1. The Morgan fingerprint density at radius 1 is 1.11 bits per heavy atom. The first-order valence-corrected chi connectivity index (χ1v) is 14.3. The highest BCUT2D eigenvalue weighted by atomic mass is 19.4. The molecule has 0 saturated carbocycles. The van der Waals surface area contributed by atoms with Crippen molar-refractivity contribution in [2.75, 3.05) is 29.3 Å². The Labute approximate surface area is 261 Å². The van der Waals surface area contributed by atoms with E-state index in [1.807, 2.05) is 6.92 Å². The molecular weight excluding hydrogens is 601 g/mol. The number of hydrogen-bond acceptors (Lipinski definition) is 8. The summed E-state index contributed by atoms with van der Waals surface area (Å²) in [7, 11) is 3.12. The van der Waals surface area contributed by atoms with Gasteiger partial charge in [0.2, 0.25) is 11.9 Å². The van der Waals surface area contributed by atoms with Gasteiger partial charge in [-0.25, -0.2) is 9.97 Å². The summed E-state index contributed by atoms with van der Waals surface area (Å²) in [5.41, 5.74) is 8.17. The number of primary amides is 1. The number of nitrogens with one attached hydrogen (secondary N) is 2. The molecule has 4 N–H and O–H groups in total. The Bertz CT molecular complexity index is 1980. The van der Waals surface area contributed by atoms with Crippen molar-refractivity contribution in [1.82, 2.24) is 19.9 Å². The highest BCUT2D eigenvalue weighted by Crippen LogP contribution is 2.38. The number of aromatic nitrogens is 4. The summed E-state index contributed by atoms with van der Waals surface area (Å²) in [6.07, 6.45) is -2.59. The Kier molecular flexibility index (Phi) is 7.72. The number of rotatable bonds is 8. The number of ether oxygens (including phenoxy) is 1. The number of H-pyrrole nitrogens is 1. The lowest BCUT2D eigenvalue weighted by atomic mass is 10.0. The predicted octanol–water partition coefficient (Wildman–Crippen LogP) is 5.65. The van der Waals surface area contributed by atoms with Crippen LogP contribution in [0.5, 0.6) is 5.75 Å². The smallest absolute Gasteiger partial charge is 0.416 e. The molecule has 14 heteroatoms. The molecule has 0 fully saturated rings. The van der Waals surface area contributed by atoms with Crippen LogP contribution in [0.3, 0.4) is 0 Å². The van der Waals surface area contributed by atoms with Crippen molar-refractivity contribution in [3.05, 3.63) is 83.6 Å². The zero-order valence-corrected chi connectivity index (χ0v) is 25.0. The number of imidazole rings is 1. The predicted molar refractivity (Wildman–Crippen MR) is 167 cm³/mol. The molecule has 3 heterocycles. The summed E-state index contributed by atoms with van der Waals surface area (Å²) < 4.78 is 46.0. The van der Waals surface area contributed by atoms with Crippen LogP contribution >= 0.6 is 0 Å². The summed E-state index contributed by atoms with van der Waals surface area (Å²) in [6.45, 7) is 1.86. The molecule has 0 bridgehead atoms. The standard InChI is InChI=1S/C32H29F3N8O3/c1-4-23-30(45)42(2)24-15-37-31(41-29(24)43(23)16-17-7-5-8-19(13-17)32(33,34)35)39-21-12-11-18(14-25(21)46-3)28-38-22-10-6-9-20(27(36)44)26(22)40-28/h5-15,23H,4,16H2,1-3H3,(H2,36,44)(H,38,40)(H,37,39,41)/t23-/m1/s1. The number of nitrogens with zero attached hydrogens (tertiary/aromatic N) is 5. The van der Waals surface area contributed by atoms with Crippen molar-refractivity contribution in [3.63, 3.8) is 0 Å². The van der Waals surface area contributed by atoms with E-state index in [4.69, 9.17) is 15.5 Å². The minimum atomic E-state index is -4.50. The van der Waals surface area contributed by atoms with Crippen LogP contribution in [-0.2, 0) is 17.5 Å². The fourth-order valence-electron chi connectivity index (χ4n) is 5.55. The number of benzene rings is 3. The molecule has 1 aliphatic rings. The van der Waals surface area contributed by atoms with Crippen LogP contribution in [0.4, 0.5) is 36.3 Å². The van der Waals surface area contributed by atoms with Gasteiger partial charge in [-0.1, -0.05) is 25.1 Å². The van der Waals surface area contributed by atoms with Crippen molar-refractivity contribution in [2.45, 2.75) is 32.1 Å². The van der Waals surface area contributed by atoms with Crippen molar-refractivity contribution >= 4 is 46.0 Å². The van der Waals surface area contributed by atoms with Crippen molar-refractivity contribution in [1.29, 1.82) is 0 Å². The lowest BCUT2D eigenvalue weighted by Gasteiger charge is -2.40. The molecule has 236 valence electrons. The zero-order valence-electron chi connectivity index (χ0n) is 25.0. The fraction of sp³-hybridized carbons (Fsp3) is 0.219. The van der Waals surface area contributed by atoms with E-state index < -0.39 is 23.7 Å². The fourth-order valence-corrected chi connectivity index (χ4v) is 5.55. The highest BCUT2D eigenvalue weighted by Gasteiger charge is 2.38. The van der Waals surface area contributed by atoms with E-state index in [1.165, 1.54) is 24.3 Å². The number of halogens is 3. The topological polar surface area (TPSA) is 142 Å². The third-order valence-corrected chi connectivity index (χ3v) is 7.87. The Hall–Kier alpha value is -5.66. The lowest BCUT2D eigenvalue weighted by Crippen LogP contribution is -2.52. The van der Waals surface area contributed by atoms with Crippen LogP contribution in [0, 0.1) is 0 Å². The van der Waals surface area contributed by atoms with Crippen LogP contribution < -0.4 is 25.6 Å². The zero-order chi connectivity index (χ0) is 32.7. The van der Waals surface area contributed by atoms with Gasteiger partial charge in [0, 0.05) is 19.2 Å². The number of carbonyl (C=O) groups is 2. The van der Waals surface area contributed by atoms with Gasteiger partial charge >= 0.3 is 6.18 Å². The van der Waals surface area contributed by atoms with Crippen molar-refractivity contribution < 1.29 is 27.5 Å². The maximum atomic E-state index is 13.4. The molecule has 0 unspecified atom stereocenters. The van der Waals surface area contributed by atoms with Gasteiger partial charge in [0.15, 0.2) is 5.82 Å². The monoisotopic (exact) mass is 630 g/mol. The molecule has 0 aliphatic carbocycles. The van der Waals surface area contributed by atoms with E-state index in [0.29, 0.717) is 62.9 Å². The second-order valence-corrected chi connectivity index (χ2v) is 10.7. The van der Waals surface area contributed by atoms with E-state index in [1.54, 1.807) is 54.4 Å². The van der Waals surface area contributed by atoms with Crippen LogP contribution in [0.15, 0.2) is 66.9 Å². The molecule has 0 radical (unpaired) electrons. The Morgan fingerprint density at radius 3 is 2.61 bits per heavy atom. The normalized spacial score (nSPS) is 14.8. The van der Waals surface area contributed by atoms with Gasteiger partial charge in [0.1, 0.15) is 28.8 Å². The van der Waals surface area contributed by atoms with Gasteiger partial charge in [-0.2, -0.15) is 18.2 Å². The van der Waals surface area contributed by atoms with Crippen LogP contribution in [0.1, 0.15) is 34.8 Å². The van der Waals surface area contributed by atoms with Gasteiger partial charge < -0.3 is 30.6 Å². The van der Waals surface area contributed by atoms with E-state index >= 15 is 0 Å². The van der Waals surface area contributed by atoms with Crippen LogP contribution in [0.25, 0.3) is 22.4 Å². The first-order valence-electron chi connectivity index (χ1n) is 14.3. The Balaban J connectivity index is 1.33. The number of carbonyl (C=O) groups excluding carboxylic acids is 2. The molecule has 2 aromatic heterocycles. The molecule has 46 heavy (non-hydrogen) atoms. The molecule has 11 nitrogen and oxygen atoms in total. The molecule has 6 rings (SSSR count). The number of anilines is 4. The maximum absolute atomic E-state index is 13.4. The summed E-state index contributed by atoms with van der Waals surface area (Å²) in [4.78, 5) is 45.2. The van der Waals surface area contributed by atoms with E-state index in [0.717, 1.165) is 12.1 Å². The number of alkyl halides is 3. The summed E-state index contributed by atoms with van der Waals surface area (Å²) in [6, 6.07) is 14.8. The minimum absolute atomic E-state index is 0.0262. The number of aromatic amines is 1. The van der Waals surface area contributed by atoms with E-state index in [9.17, 15) is 22.8 Å². The van der Waals surface area contributed by atoms with Crippen LogP contribution in [-0.4, -0.2) is 51.9 Å². The second kappa shape index (κ2) is 11.7. The molecule has 0 saturated heterocycles. The van der Waals surface area contributed by atoms with E-state index in [2.05, 4.69) is 20.3 Å². The lowest BCUT2D eigenvalue weighted by molar-refractivity contribution is -0.137. The SMILES string of the molecule is CC[C@@H]1C(=O)N(C)c2cnc(Nc3ccc(-c4nc5c(C(N)=O)cccc5[nH]4)cc3OC)nc2N1Cc1cccc(C(F)(F)F)c1. The number of likely N-dealkylation sites (N-methyl/N-ethyl adjacent to an activating group) is 1. The van der Waals surface area contributed by atoms with Gasteiger partial charge in [0.25, 0.3) is 5.91 Å². The first-order chi connectivity index (χ1) is 22.0. The molecule has 1 atom stereocenters. The molecular formula is C32H29F3N8O3. The molecule has 0 spiro atoms. The summed E-state index contributed by atoms with van der Waals surface area (Å²) >= 11 is 0.